The molecule has 0 aromatic heterocycles. The Labute approximate surface area is 121 Å². The fourth-order valence-electron chi connectivity index (χ4n) is 2.59. The molecule has 1 heterocycles. The van der Waals surface area contributed by atoms with Crippen LogP contribution in [0.5, 0.6) is 0 Å². The number of fused-ring (bicyclic) bond motifs is 1. The Morgan fingerprint density at radius 1 is 1.10 bits per heavy atom. The highest BCUT2D eigenvalue weighted by molar-refractivity contribution is 5.35. The summed E-state index contributed by atoms with van der Waals surface area (Å²) in [7, 11) is 0. The summed E-state index contributed by atoms with van der Waals surface area (Å²) in [6.45, 7) is 1.22. The maximum atomic E-state index is 13.8. The maximum absolute atomic E-state index is 13.8. The average Bonchev–Trinajstić information content (AvgIpc) is 2.94. The van der Waals surface area contributed by atoms with E-state index in [1.807, 2.05) is 18.2 Å². The van der Waals surface area contributed by atoms with Crippen molar-refractivity contribution >= 4 is 0 Å². The molecule has 0 saturated heterocycles. The number of benzene rings is 2. The van der Waals surface area contributed by atoms with Crippen molar-refractivity contribution in [1.82, 2.24) is 5.43 Å². The zero-order valence-corrected chi connectivity index (χ0v) is 11.4. The van der Waals surface area contributed by atoms with Gasteiger partial charge in [-0.05, 0) is 34.7 Å². The topological polar surface area (TPSA) is 47.3 Å². The van der Waals surface area contributed by atoms with E-state index in [2.05, 4.69) is 5.43 Å². The average molecular weight is 290 g/mol. The summed E-state index contributed by atoms with van der Waals surface area (Å²) < 4.78 is 32.1. The molecule has 0 amide bonds. The monoisotopic (exact) mass is 290 g/mol. The van der Waals surface area contributed by atoms with Crippen molar-refractivity contribution < 1.29 is 13.5 Å². The Balaban J connectivity index is 1.85. The first kappa shape index (κ1) is 14.1. The molecule has 1 unspecified atom stereocenters. The summed E-state index contributed by atoms with van der Waals surface area (Å²) in [4.78, 5) is 0. The Bertz CT molecular complexity index is 661. The van der Waals surface area contributed by atoms with E-state index in [0.29, 0.717) is 25.2 Å². The van der Waals surface area contributed by atoms with Gasteiger partial charge in [-0.2, -0.15) is 0 Å². The van der Waals surface area contributed by atoms with Gasteiger partial charge in [-0.3, -0.25) is 11.3 Å². The number of rotatable bonds is 4. The molecule has 2 aromatic rings. The Morgan fingerprint density at radius 3 is 2.67 bits per heavy atom. The molecule has 0 fully saturated rings. The summed E-state index contributed by atoms with van der Waals surface area (Å²) >= 11 is 0. The highest BCUT2D eigenvalue weighted by Crippen LogP contribution is 2.26. The van der Waals surface area contributed by atoms with Crippen molar-refractivity contribution in [2.45, 2.75) is 25.7 Å². The number of nitrogens with two attached hydrogens (primary N) is 1. The van der Waals surface area contributed by atoms with E-state index in [1.165, 1.54) is 17.7 Å². The maximum Gasteiger partial charge on any atom is 0.129 e. The SMILES string of the molecule is NNC(Cc1ccc(F)cc1F)c1ccc2c(c1)COC2. The molecule has 1 aliphatic rings. The van der Waals surface area contributed by atoms with Crippen LogP contribution in [0.15, 0.2) is 36.4 Å². The minimum absolute atomic E-state index is 0.240. The van der Waals surface area contributed by atoms with E-state index in [1.54, 1.807) is 0 Å². The van der Waals surface area contributed by atoms with Gasteiger partial charge < -0.3 is 4.74 Å². The summed E-state index contributed by atoms with van der Waals surface area (Å²) in [5, 5.41) is 0. The van der Waals surface area contributed by atoms with Gasteiger partial charge in [0.2, 0.25) is 0 Å². The molecule has 2 aromatic carbocycles. The van der Waals surface area contributed by atoms with E-state index in [9.17, 15) is 8.78 Å². The van der Waals surface area contributed by atoms with Crippen molar-refractivity contribution in [1.29, 1.82) is 0 Å². The lowest BCUT2D eigenvalue weighted by Gasteiger charge is -2.17. The minimum atomic E-state index is -0.580. The molecule has 0 saturated carbocycles. The van der Waals surface area contributed by atoms with Crippen LogP contribution in [-0.2, 0) is 24.4 Å². The third-order valence-electron chi connectivity index (χ3n) is 3.79. The van der Waals surface area contributed by atoms with Gasteiger partial charge in [-0.1, -0.05) is 24.3 Å². The molecular weight excluding hydrogens is 274 g/mol. The van der Waals surface area contributed by atoms with Gasteiger partial charge in [-0.15, -0.1) is 0 Å². The largest absolute Gasteiger partial charge is 0.372 e. The molecule has 1 aliphatic heterocycles. The lowest BCUT2D eigenvalue weighted by molar-refractivity contribution is 0.134. The summed E-state index contributed by atoms with van der Waals surface area (Å²) in [5.74, 6) is 4.46. The van der Waals surface area contributed by atoms with Crippen LogP contribution in [0.2, 0.25) is 0 Å². The molecule has 3 rings (SSSR count). The normalized spacial score (nSPS) is 15.0. The molecule has 3 nitrogen and oxygen atoms in total. The summed E-state index contributed by atoms with van der Waals surface area (Å²) in [5.41, 5.74) is 6.39. The van der Waals surface area contributed by atoms with Crippen LogP contribution in [0.1, 0.15) is 28.3 Å². The number of hydrogen-bond acceptors (Lipinski definition) is 3. The van der Waals surface area contributed by atoms with Gasteiger partial charge in [0.15, 0.2) is 0 Å². The minimum Gasteiger partial charge on any atom is -0.372 e. The van der Waals surface area contributed by atoms with Gasteiger partial charge in [0.1, 0.15) is 11.6 Å². The quantitative estimate of drug-likeness (QED) is 0.672. The molecule has 21 heavy (non-hydrogen) atoms. The van der Waals surface area contributed by atoms with Crippen LogP contribution in [0.3, 0.4) is 0 Å². The molecule has 110 valence electrons. The second-order valence-corrected chi connectivity index (χ2v) is 5.18. The highest BCUT2D eigenvalue weighted by Gasteiger charge is 2.17. The third kappa shape index (κ3) is 2.95. The number of hydrazine groups is 1. The third-order valence-corrected chi connectivity index (χ3v) is 3.79. The van der Waals surface area contributed by atoms with Crippen molar-refractivity contribution in [3.63, 3.8) is 0 Å². The van der Waals surface area contributed by atoms with Crippen LogP contribution >= 0.6 is 0 Å². The van der Waals surface area contributed by atoms with Crippen molar-refractivity contribution in [2.75, 3.05) is 0 Å². The van der Waals surface area contributed by atoms with Crippen molar-refractivity contribution in [2.24, 2.45) is 5.84 Å². The van der Waals surface area contributed by atoms with Gasteiger partial charge in [0.25, 0.3) is 0 Å². The lowest BCUT2D eigenvalue weighted by atomic mass is 9.96. The molecule has 1 atom stereocenters. The van der Waals surface area contributed by atoms with Gasteiger partial charge in [-0.25, -0.2) is 8.78 Å². The number of nitrogens with one attached hydrogen (secondary N) is 1. The van der Waals surface area contributed by atoms with E-state index in [0.717, 1.165) is 17.2 Å². The number of hydrogen-bond donors (Lipinski definition) is 2. The number of halogens is 2. The zero-order valence-electron chi connectivity index (χ0n) is 11.4. The van der Waals surface area contributed by atoms with Crippen LogP contribution in [-0.4, -0.2) is 0 Å². The van der Waals surface area contributed by atoms with Crippen molar-refractivity contribution in [3.8, 4) is 0 Å². The van der Waals surface area contributed by atoms with Gasteiger partial charge in [0.05, 0.1) is 19.3 Å². The lowest BCUT2D eigenvalue weighted by Crippen LogP contribution is -2.30. The molecule has 0 radical (unpaired) electrons. The van der Waals surface area contributed by atoms with Crippen LogP contribution in [0.25, 0.3) is 0 Å². The number of ether oxygens (including phenoxy) is 1. The molecule has 3 N–H and O–H groups in total. The second-order valence-electron chi connectivity index (χ2n) is 5.18. The predicted molar refractivity (Wildman–Crippen MR) is 75.1 cm³/mol. The highest BCUT2D eigenvalue weighted by atomic mass is 19.1. The van der Waals surface area contributed by atoms with E-state index >= 15 is 0 Å². The second kappa shape index (κ2) is 5.89. The molecule has 0 spiro atoms. The van der Waals surface area contributed by atoms with Crippen LogP contribution in [0, 0.1) is 11.6 Å². The van der Waals surface area contributed by atoms with Gasteiger partial charge in [0, 0.05) is 6.07 Å². The first-order valence-electron chi connectivity index (χ1n) is 6.77. The molecule has 5 heteroatoms. The molecular formula is C16H16F2N2O. The fourth-order valence-corrected chi connectivity index (χ4v) is 2.59. The van der Waals surface area contributed by atoms with E-state index < -0.39 is 11.6 Å². The Morgan fingerprint density at radius 2 is 1.90 bits per heavy atom. The van der Waals surface area contributed by atoms with Crippen LogP contribution in [0.4, 0.5) is 8.78 Å². The zero-order chi connectivity index (χ0) is 14.8. The fraction of sp³-hybridized carbons (Fsp3) is 0.250. The van der Waals surface area contributed by atoms with E-state index in [4.69, 9.17) is 10.6 Å². The standard InChI is InChI=1S/C16H16F2N2O/c17-14-4-3-10(15(18)7-14)6-16(20-19)11-1-2-12-8-21-9-13(12)5-11/h1-5,7,16,20H,6,8-9,19H2. The molecule has 0 aliphatic carbocycles. The molecule has 0 bridgehead atoms. The smallest absolute Gasteiger partial charge is 0.129 e. The van der Waals surface area contributed by atoms with Gasteiger partial charge >= 0.3 is 0 Å². The first-order valence-corrected chi connectivity index (χ1v) is 6.77. The Hall–Kier alpha value is -1.82. The first-order chi connectivity index (χ1) is 10.2. The Kier molecular flexibility index (Phi) is 3.96. The van der Waals surface area contributed by atoms with Crippen LogP contribution < -0.4 is 11.3 Å². The predicted octanol–water partition coefficient (Wildman–Crippen LogP) is 2.74. The van der Waals surface area contributed by atoms with E-state index in [-0.39, 0.29) is 6.04 Å². The summed E-state index contributed by atoms with van der Waals surface area (Å²) in [6, 6.07) is 9.33. The van der Waals surface area contributed by atoms with Crippen molar-refractivity contribution in [3.05, 3.63) is 70.3 Å². The summed E-state index contributed by atoms with van der Waals surface area (Å²) in [6.07, 6.45) is 0.349.